The lowest BCUT2D eigenvalue weighted by Gasteiger charge is -2.29. The number of hydrogen-bond donors (Lipinski definition) is 3. The lowest BCUT2D eigenvalue weighted by molar-refractivity contribution is -0.136. The van der Waals surface area contributed by atoms with Gasteiger partial charge in [-0.2, -0.15) is 5.10 Å². The highest BCUT2D eigenvalue weighted by molar-refractivity contribution is 6.06. The summed E-state index contributed by atoms with van der Waals surface area (Å²) < 4.78 is 2.00. The summed E-state index contributed by atoms with van der Waals surface area (Å²) in [7, 11) is 0. The van der Waals surface area contributed by atoms with Crippen LogP contribution < -0.4 is 16.0 Å². The molecule has 3 N–H and O–H groups in total. The summed E-state index contributed by atoms with van der Waals surface area (Å²) in [5, 5.41) is 13.6. The van der Waals surface area contributed by atoms with Crippen molar-refractivity contribution < 1.29 is 14.4 Å². The first-order valence-electron chi connectivity index (χ1n) is 10.8. The highest BCUT2D eigenvalue weighted by atomic mass is 16.2. The van der Waals surface area contributed by atoms with Crippen LogP contribution in [0.3, 0.4) is 0 Å². The van der Waals surface area contributed by atoms with Gasteiger partial charge in [-0.25, -0.2) is 0 Å². The second-order valence-electron chi connectivity index (χ2n) is 8.41. The van der Waals surface area contributed by atoms with E-state index in [1.165, 1.54) is 0 Å². The van der Waals surface area contributed by atoms with Gasteiger partial charge in [-0.15, -0.1) is 0 Å². The average molecular weight is 422 g/mol. The van der Waals surface area contributed by atoms with Crippen LogP contribution in [0.1, 0.15) is 53.2 Å². The van der Waals surface area contributed by atoms with Crippen LogP contribution in [0.15, 0.2) is 30.6 Å². The predicted octanol–water partition coefficient (Wildman–Crippen LogP) is 1.18. The molecule has 0 saturated carbocycles. The largest absolute Gasteiger partial charge is 0.378 e. The summed E-state index contributed by atoms with van der Waals surface area (Å²) in [6.45, 7) is 2.87. The molecule has 3 aliphatic heterocycles. The molecule has 0 radical (unpaired) electrons. The van der Waals surface area contributed by atoms with Gasteiger partial charge >= 0.3 is 0 Å². The number of piperidine rings is 2. The van der Waals surface area contributed by atoms with Crippen molar-refractivity contribution in [3.8, 4) is 0 Å². The van der Waals surface area contributed by atoms with E-state index in [1.807, 2.05) is 35.3 Å². The highest BCUT2D eigenvalue weighted by Gasteiger charge is 2.39. The minimum Gasteiger partial charge on any atom is -0.378 e. The van der Waals surface area contributed by atoms with Crippen LogP contribution >= 0.6 is 0 Å². The molecule has 2 aromatic rings. The number of carbonyl (C=O) groups is 3. The van der Waals surface area contributed by atoms with Crippen molar-refractivity contribution in [2.75, 3.05) is 18.4 Å². The minimum atomic E-state index is -0.597. The summed E-state index contributed by atoms with van der Waals surface area (Å²) >= 11 is 0. The van der Waals surface area contributed by atoms with Gasteiger partial charge in [0.2, 0.25) is 11.8 Å². The van der Waals surface area contributed by atoms with Crippen molar-refractivity contribution in [3.63, 3.8) is 0 Å². The van der Waals surface area contributed by atoms with Gasteiger partial charge in [-0.1, -0.05) is 18.2 Å². The van der Waals surface area contributed by atoms with Crippen molar-refractivity contribution in [2.24, 2.45) is 0 Å². The van der Waals surface area contributed by atoms with E-state index in [9.17, 15) is 14.4 Å². The van der Waals surface area contributed by atoms with Crippen LogP contribution in [0.5, 0.6) is 0 Å². The van der Waals surface area contributed by atoms with E-state index in [0.29, 0.717) is 31.1 Å². The summed E-state index contributed by atoms with van der Waals surface area (Å²) in [5.74, 6) is -0.813. The summed E-state index contributed by atoms with van der Waals surface area (Å²) in [6.07, 6.45) is 6.71. The molecular weight excluding hydrogens is 396 g/mol. The highest BCUT2D eigenvalue weighted by Crippen LogP contribution is 2.30. The zero-order valence-corrected chi connectivity index (χ0v) is 17.3. The second-order valence-corrected chi connectivity index (χ2v) is 8.41. The molecule has 9 nitrogen and oxygen atoms in total. The number of fused-ring (bicyclic) bond motifs is 1. The van der Waals surface area contributed by atoms with E-state index in [1.54, 1.807) is 4.90 Å². The fourth-order valence-corrected chi connectivity index (χ4v) is 4.72. The zero-order valence-electron chi connectivity index (χ0n) is 17.3. The van der Waals surface area contributed by atoms with Gasteiger partial charge in [-0.05, 0) is 36.9 Å². The molecule has 2 saturated heterocycles. The van der Waals surface area contributed by atoms with E-state index in [4.69, 9.17) is 0 Å². The molecule has 2 fully saturated rings. The van der Waals surface area contributed by atoms with Gasteiger partial charge in [-0.3, -0.25) is 24.4 Å². The quantitative estimate of drug-likeness (QED) is 0.625. The molecule has 9 heteroatoms. The molecule has 3 amide bonds. The molecule has 0 bridgehead atoms. The number of anilines is 1. The predicted molar refractivity (Wildman–Crippen MR) is 113 cm³/mol. The number of benzene rings is 1. The standard InChI is InChI=1S/C22H26N6O3/c29-19-7-6-18(21(30)26-19)27-12-15-4-1-3-14(20(15)22(27)31)9-24-16-10-25-28(13-16)17-5-2-8-23-11-17/h1,3-4,10,13,17-18,23-24H,2,5-9,11-12H2,(H,26,29,30). The molecule has 0 aliphatic carbocycles. The molecule has 4 heterocycles. The monoisotopic (exact) mass is 422 g/mol. The smallest absolute Gasteiger partial charge is 0.255 e. The van der Waals surface area contributed by atoms with E-state index < -0.39 is 6.04 Å². The zero-order chi connectivity index (χ0) is 21.4. The Hall–Kier alpha value is -3.20. The van der Waals surface area contributed by atoms with Crippen molar-refractivity contribution in [1.82, 2.24) is 25.3 Å². The maximum Gasteiger partial charge on any atom is 0.255 e. The molecular formula is C22H26N6O3. The van der Waals surface area contributed by atoms with Crippen LogP contribution in [0.25, 0.3) is 0 Å². The van der Waals surface area contributed by atoms with E-state index >= 15 is 0 Å². The number of amides is 3. The van der Waals surface area contributed by atoms with Crippen molar-refractivity contribution in [3.05, 3.63) is 47.3 Å². The fourth-order valence-electron chi connectivity index (χ4n) is 4.72. The topological polar surface area (TPSA) is 108 Å². The fraction of sp³-hybridized carbons (Fsp3) is 0.455. The normalized spacial score (nSPS) is 23.6. The lowest BCUT2D eigenvalue weighted by atomic mass is 10.0. The van der Waals surface area contributed by atoms with Gasteiger partial charge < -0.3 is 15.5 Å². The first kappa shape index (κ1) is 19.7. The van der Waals surface area contributed by atoms with Gasteiger partial charge in [0.15, 0.2) is 0 Å². The van der Waals surface area contributed by atoms with Crippen LogP contribution in [0, 0.1) is 0 Å². The van der Waals surface area contributed by atoms with Gasteiger partial charge in [0.05, 0.1) is 17.9 Å². The van der Waals surface area contributed by atoms with Crippen LogP contribution in [0.4, 0.5) is 5.69 Å². The summed E-state index contributed by atoms with van der Waals surface area (Å²) in [4.78, 5) is 38.5. The third-order valence-electron chi connectivity index (χ3n) is 6.37. The van der Waals surface area contributed by atoms with Gasteiger partial charge in [0.1, 0.15) is 6.04 Å². The van der Waals surface area contributed by atoms with E-state index in [2.05, 4.69) is 21.0 Å². The Morgan fingerprint density at radius 2 is 2.10 bits per heavy atom. The van der Waals surface area contributed by atoms with Crippen molar-refractivity contribution in [1.29, 1.82) is 0 Å². The Kier molecular flexibility index (Phi) is 5.19. The van der Waals surface area contributed by atoms with Crippen molar-refractivity contribution >= 4 is 23.4 Å². The molecule has 2 unspecified atom stereocenters. The average Bonchev–Trinajstić information content (AvgIpc) is 3.38. The SMILES string of the molecule is O=C1CCC(N2Cc3cccc(CNc4cnn(C5CCCNC5)c4)c3C2=O)C(=O)N1. The van der Waals surface area contributed by atoms with E-state index in [-0.39, 0.29) is 24.1 Å². The Morgan fingerprint density at radius 1 is 1.19 bits per heavy atom. The van der Waals surface area contributed by atoms with Gasteiger partial charge in [0, 0.05) is 37.8 Å². The maximum absolute atomic E-state index is 13.2. The molecule has 1 aromatic heterocycles. The van der Waals surface area contributed by atoms with E-state index in [0.717, 1.165) is 42.7 Å². The third-order valence-corrected chi connectivity index (χ3v) is 6.37. The number of rotatable bonds is 5. The Labute approximate surface area is 180 Å². The third kappa shape index (κ3) is 3.81. The minimum absolute atomic E-state index is 0.147. The number of hydrogen-bond acceptors (Lipinski definition) is 6. The summed E-state index contributed by atoms with van der Waals surface area (Å²) in [6, 6.07) is 5.58. The second kappa shape index (κ2) is 8.14. The Bertz CT molecular complexity index is 1030. The number of nitrogens with zero attached hydrogens (tertiary/aromatic N) is 3. The van der Waals surface area contributed by atoms with Crippen LogP contribution in [-0.2, 0) is 22.7 Å². The molecule has 2 atom stereocenters. The first-order valence-corrected chi connectivity index (χ1v) is 10.8. The lowest BCUT2D eigenvalue weighted by Crippen LogP contribution is -2.52. The molecule has 3 aliphatic rings. The number of imide groups is 1. The molecule has 0 spiro atoms. The van der Waals surface area contributed by atoms with Crippen LogP contribution in [0.2, 0.25) is 0 Å². The number of nitrogens with one attached hydrogen (secondary N) is 3. The summed E-state index contributed by atoms with van der Waals surface area (Å²) in [5.41, 5.74) is 3.38. The van der Waals surface area contributed by atoms with Crippen molar-refractivity contribution in [2.45, 2.75) is 50.9 Å². The molecule has 31 heavy (non-hydrogen) atoms. The number of aromatic nitrogens is 2. The molecule has 5 rings (SSSR count). The Morgan fingerprint density at radius 3 is 2.90 bits per heavy atom. The Balaban J connectivity index is 1.28. The molecule has 162 valence electrons. The van der Waals surface area contributed by atoms with Crippen LogP contribution in [-0.4, -0.2) is 51.5 Å². The molecule has 1 aromatic carbocycles. The van der Waals surface area contributed by atoms with Gasteiger partial charge in [0.25, 0.3) is 5.91 Å². The maximum atomic E-state index is 13.2. The number of carbonyl (C=O) groups excluding carboxylic acids is 3. The first-order chi connectivity index (χ1) is 15.1.